The van der Waals surface area contributed by atoms with Crippen molar-refractivity contribution in [2.24, 2.45) is 5.10 Å². The summed E-state index contributed by atoms with van der Waals surface area (Å²) in [5, 5.41) is 16.8. The fourth-order valence-electron chi connectivity index (χ4n) is 4.72. The Morgan fingerprint density at radius 3 is 2.61 bits per heavy atom. The Morgan fingerprint density at radius 1 is 1.13 bits per heavy atom. The van der Waals surface area contributed by atoms with Gasteiger partial charge in [0, 0.05) is 22.0 Å². The second kappa shape index (κ2) is 11.2. The van der Waals surface area contributed by atoms with E-state index in [-0.39, 0.29) is 35.3 Å². The van der Waals surface area contributed by atoms with Crippen LogP contribution in [-0.4, -0.2) is 20.8 Å². The molecule has 0 saturated heterocycles. The van der Waals surface area contributed by atoms with Gasteiger partial charge in [-0.1, -0.05) is 59.5 Å². The number of halogens is 2. The number of ether oxygens (including phenoxy) is 1. The minimum atomic E-state index is -0.542. The lowest BCUT2D eigenvalue weighted by atomic mass is 9.88. The van der Waals surface area contributed by atoms with Gasteiger partial charge >= 0.3 is 5.69 Å². The molecule has 1 heterocycles. The number of aromatic nitrogens is 2. The maximum absolute atomic E-state index is 13.5. The van der Waals surface area contributed by atoms with Crippen LogP contribution in [0.5, 0.6) is 5.75 Å². The number of para-hydroxylation sites is 1. The van der Waals surface area contributed by atoms with Crippen molar-refractivity contribution in [3.63, 3.8) is 0 Å². The average Bonchev–Trinajstić information content (AvgIpc) is 2.93. The van der Waals surface area contributed by atoms with Gasteiger partial charge in [0.15, 0.2) is 0 Å². The van der Waals surface area contributed by atoms with Gasteiger partial charge in [0.05, 0.1) is 22.0 Å². The minimum absolute atomic E-state index is 0.00714. The standard InChI is InChI=1S/C28H24BrFN4O4/c29-21-14-20(26(25(15-21)34(36)37)38-17-18-10-12-22(30)13-11-18)16-31-33-27(19-6-2-1-3-7-19)32-24-9-5-4-8-23(24)28(33)35/h4-5,8-16,19H,1-3,6-7,17H2. The van der Waals surface area contributed by atoms with E-state index in [0.29, 0.717) is 32.3 Å². The highest BCUT2D eigenvalue weighted by atomic mass is 79.9. The first-order chi connectivity index (χ1) is 18.4. The van der Waals surface area contributed by atoms with Gasteiger partial charge < -0.3 is 4.74 Å². The third kappa shape index (κ3) is 5.50. The minimum Gasteiger partial charge on any atom is -0.481 e. The zero-order valence-electron chi connectivity index (χ0n) is 20.3. The van der Waals surface area contributed by atoms with Crippen molar-refractivity contribution in [1.82, 2.24) is 9.66 Å². The van der Waals surface area contributed by atoms with Crippen molar-refractivity contribution in [2.45, 2.75) is 44.6 Å². The Morgan fingerprint density at radius 2 is 1.87 bits per heavy atom. The molecule has 0 amide bonds. The summed E-state index contributed by atoms with van der Waals surface area (Å²) >= 11 is 3.33. The molecule has 0 atom stereocenters. The molecule has 0 aliphatic heterocycles. The van der Waals surface area contributed by atoms with Gasteiger partial charge in [0.1, 0.15) is 18.2 Å². The number of nitro benzene ring substituents is 1. The molecule has 10 heteroatoms. The first kappa shape index (κ1) is 25.7. The lowest BCUT2D eigenvalue weighted by molar-refractivity contribution is -0.386. The van der Waals surface area contributed by atoms with Crippen molar-refractivity contribution >= 4 is 38.7 Å². The van der Waals surface area contributed by atoms with Crippen LogP contribution in [0.15, 0.2) is 75.0 Å². The van der Waals surface area contributed by atoms with Gasteiger partial charge in [0.2, 0.25) is 5.75 Å². The lowest BCUT2D eigenvalue weighted by Gasteiger charge is -2.22. The van der Waals surface area contributed by atoms with Crippen LogP contribution < -0.4 is 10.3 Å². The molecule has 5 rings (SSSR count). The Balaban J connectivity index is 1.59. The molecule has 1 aromatic heterocycles. The third-order valence-electron chi connectivity index (χ3n) is 6.62. The van der Waals surface area contributed by atoms with Crippen LogP contribution in [0.1, 0.15) is 55.0 Å². The van der Waals surface area contributed by atoms with E-state index in [0.717, 1.165) is 32.1 Å². The molecule has 1 fully saturated rings. The number of nitro groups is 1. The monoisotopic (exact) mass is 578 g/mol. The van der Waals surface area contributed by atoms with Crippen molar-refractivity contribution in [3.8, 4) is 5.75 Å². The van der Waals surface area contributed by atoms with Crippen molar-refractivity contribution in [2.75, 3.05) is 0 Å². The second-order valence-corrected chi connectivity index (χ2v) is 10.1. The van der Waals surface area contributed by atoms with Crippen LogP contribution in [-0.2, 0) is 6.61 Å². The number of nitrogens with zero attached hydrogens (tertiary/aromatic N) is 4. The fourth-order valence-corrected chi connectivity index (χ4v) is 5.19. The van der Waals surface area contributed by atoms with E-state index in [1.807, 2.05) is 12.1 Å². The number of hydrogen-bond donors (Lipinski definition) is 0. The molecule has 1 saturated carbocycles. The topological polar surface area (TPSA) is 99.6 Å². The molecule has 3 aromatic carbocycles. The summed E-state index contributed by atoms with van der Waals surface area (Å²) in [4.78, 5) is 29.6. The molecule has 194 valence electrons. The van der Waals surface area contributed by atoms with Gasteiger partial charge in [-0.05, 0) is 48.7 Å². The van der Waals surface area contributed by atoms with Crippen molar-refractivity contribution in [1.29, 1.82) is 0 Å². The predicted octanol–water partition coefficient (Wildman–Crippen LogP) is 6.72. The van der Waals surface area contributed by atoms with E-state index in [4.69, 9.17) is 9.72 Å². The normalized spacial score (nSPS) is 14.3. The number of benzene rings is 3. The third-order valence-corrected chi connectivity index (χ3v) is 7.08. The molecule has 0 N–H and O–H groups in total. The summed E-state index contributed by atoms with van der Waals surface area (Å²) in [5.41, 5.74) is 1.000. The maximum Gasteiger partial charge on any atom is 0.312 e. The Hall–Kier alpha value is -3.92. The highest BCUT2D eigenvalue weighted by Gasteiger charge is 2.24. The van der Waals surface area contributed by atoms with E-state index in [1.165, 1.54) is 29.1 Å². The Labute approximate surface area is 226 Å². The number of rotatable bonds is 7. The molecule has 0 bridgehead atoms. The first-order valence-corrected chi connectivity index (χ1v) is 13.1. The second-order valence-electron chi connectivity index (χ2n) is 9.20. The average molecular weight is 579 g/mol. The smallest absolute Gasteiger partial charge is 0.312 e. The molecular formula is C28H24BrFN4O4. The summed E-state index contributed by atoms with van der Waals surface area (Å²) < 4.78 is 20.9. The van der Waals surface area contributed by atoms with Gasteiger partial charge in [-0.3, -0.25) is 14.9 Å². The Kier molecular flexibility index (Phi) is 7.59. The Bertz CT molecular complexity index is 1580. The molecule has 1 aliphatic carbocycles. The fraction of sp³-hybridized carbons (Fsp3) is 0.250. The van der Waals surface area contributed by atoms with E-state index in [1.54, 1.807) is 30.3 Å². The van der Waals surface area contributed by atoms with E-state index < -0.39 is 4.92 Å². The van der Waals surface area contributed by atoms with E-state index in [2.05, 4.69) is 21.0 Å². The van der Waals surface area contributed by atoms with Crippen LogP contribution >= 0.6 is 15.9 Å². The summed E-state index contributed by atoms with van der Waals surface area (Å²) in [6, 6.07) is 15.8. The van der Waals surface area contributed by atoms with Crippen LogP contribution in [0.3, 0.4) is 0 Å². The quantitative estimate of drug-likeness (QED) is 0.138. The lowest BCUT2D eigenvalue weighted by Crippen LogP contribution is -2.25. The molecule has 38 heavy (non-hydrogen) atoms. The zero-order valence-corrected chi connectivity index (χ0v) is 21.9. The van der Waals surface area contributed by atoms with Crippen LogP contribution in [0, 0.1) is 15.9 Å². The molecular weight excluding hydrogens is 555 g/mol. The SMILES string of the molecule is O=c1c2ccccc2nc(C2CCCCC2)n1N=Cc1cc(Br)cc([N+](=O)[O-])c1OCc1ccc(F)cc1. The first-order valence-electron chi connectivity index (χ1n) is 12.3. The highest BCUT2D eigenvalue weighted by molar-refractivity contribution is 9.10. The van der Waals surface area contributed by atoms with Gasteiger partial charge in [-0.2, -0.15) is 9.78 Å². The largest absolute Gasteiger partial charge is 0.481 e. The molecule has 0 unspecified atom stereocenters. The maximum atomic E-state index is 13.5. The zero-order chi connectivity index (χ0) is 26.6. The summed E-state index contributed by atoms with van der Waals surface area (Å²) in [7, 11) is 0. The van der Waals surface area contributed by atoms with Gasteiger partial charge in [-0.15, -0.1) is 0 Å². The van der Waals surface area contributed by atoms with Crippen molar-refractivity contribution in [3.05, 3.63) is 108 Å². The van der Waals surface area contributed by atoms with Crippen LogP contribution in [0.2, 0.25) is 0 Å². The van der Waals surface area contributed by atoms with E-state index >= 15 is 0 Å². The molecule has 8 nitrogen and oxygen atoms in total. The summed E-state index contributed by atoms with van der Waals surface area (Å²) in [6.45, 7) is -0.0194. The van der Waals surface area contributed by atoms with Gasteiger partial charge in [-0.25, -0.2) is 9.37 Å². The predicted molar refractivity (Wildman–Crippen MR) is 146 cm³/mol. The molecule has 1 aliphatic rings. The molecule has 4 aromatic rings. The summed E-state index contributed by atoms with van der Waals surface area (Å²) in [5.74, 6) is 0.277. The number of hydrogen-bond acceptors (Lipinski definition) is 6. The molecule has 0 radical (unpaired) electrons. The van der Waals surface area contributed by atoms with Crippen molar-refractivity contribution < 1.29 is 14.1 Å². The van der Waals surface area contributed by atoms with E-state index in [9.17, 15) is 19.3 Å². The summed E-state index contributed by atoms with van der Waals surface area (Å²) in [6.07, 6.45) is 6.46. The number of fused-ring (bicyclic) bond motifs is 1. The molecule has 0 spiro atoms. The van der Waals surface area contributed by atoms with Crippen LogP contribution in [0.4, 0.5) is 10.1 Å². The van der Waals surface area contributed by atoms with Crippen LogP contribution in [0.25, 0.3) is 10.9 Å². The highest BCUT2D eigenvalue weighted by Crippen LogP contribution is 2.35. The van der Waals surface area contributed by atoms with Gasteiger partial charge in [0.25, 0.3) is 5.56 Å².